The molecule has 148 valence electrons. The van der Waals surface area contributed by atoms with Crippen LogP contribution in [0.4, 0.5) is 5.69 Å². The Bertz CT molecular complexity index is 1070. The molecule has 3 aromatic rings. The van der Waals surface area contributed by atoms with Crippen molar-refractivity contribution < 1.29 is 9.53 Å². The van der Waals surface area contributed by atoms with Gasteiger partial charge in [0.25, 0.3) is 5.56 Å². The quantitative estimate of drug-likeness (QED) is 0.653. The van der Waals surface area contributed by atoms with Crippen LogP contribution in [0.5, 0.6) is 5.75 Å². The molecule has 0 aliphatic rings. The number of aromatic amines is 1. The van der Waals surface area contributed by atoms with Crippen LogP contribution in [0.15, 0.2) is 23.0 Å². The predicted molar refractivity (Wildman–Crippen MR) is 109 cm³/mol. The van der Waals surface area contributed by atoms with E-state index in [0.29, 0.717) is 40.5 Å². The van der Waals surface area contributed by atoms with Crippen molar-refractivity contribution in [2.45, 2.75) is 40.0 Å². The average molecular weight is 383 g/mol. The van der Waals surface area contributed by atoms with Crippen LogP contribution in [-0.4, -0.2) is 32.3 Å². The zero-order valence-corrected chi connectivity index (χ0v) is 16.6. The third-order valence-corrected chi connectivity index (χ3v) is 4.27. The summed E-state index contributed by atoms with van der Waals surface area (Å²) in [6, 6.07) is 5.29. The summed E-state index contributed by atoms with van der Waals surface area (Å²) < 4.78 is 7.41. The van der Waals surface area contributed by atoms with Crippen molar-refractivity contribution in [1.82, 2.24) is 19.7 Å². The highest BCUT2D eigenvalue weighted by molar-refractivity contribution is 5.90. The lowest BCUT2D eigenvalue weighted by atomic mass is 10.1. The molecule has 2 N–H and O–H groups in total. The number of aromatic nitrogens is 4. The van der Waals surface area contributed by atoms with E-state index >= 15 is 0 Å². The van der Waals surface area contributed by atoms with Crippen molar-refractivity contribution in [2.75, 3.05) is 11.9 Å². The number of nitrogens with zero attached hydrogens (tertiary/aromatic N) is 3. The highest BCUT2D eigenvalue weighted by atomic mass is 16.5. The molecule has 0 fully saturated rings. The van der Waals surface area contributed by atoms with E-state index < -0.39 is 0 Å². The largest absolute Gasteiger partial charge is 0.493 e. The standard InChI is InChI=1S/C20H25N5O3/c1-5-7-15-17-18(25(4)24-15)20(27)23-19(22-17)14-11-13(21-12(3)26)8-9-16(14)28-10-6-2/h8-9,11H,5-7,10H2,1-4H3,(H,21,26)(H,22,23,27). The first kappa shape index (κ1) is 19.6. The zero-order valence-electron chi connectivity index (χ0n) is 16.6. The van der Waals surface area contributed by atoms with Gasteiger partial charge in [-0.3, -0.25) is 14.3 Å². The molecular weight excluding hydrogens is 358 g/mol. The lowest BCUT2D eigenvalue weighted by molar-refractivity contribution is -0.114. The molecule has 0 unspecified atom stereocenters. The smallest absolute Gasteiger partial charge is 0.277 e. The third kappa shape index (κ3) is 3.90. The molecular formula is C20H25N5O3. The molecule has 1 amide bonds. The van der Waals surface area contributed by atoms with E-state index in [4.69, 9.17) is 9.72 Å². The number of carbonyl (C=O) groups is 1. The summed E-state index contributed by atoms with van der Waals surface area (Å²) in [5.74, 6) is 0.808. The van der Waals surface area contributed by atoms with E-state index in [-0.39, 0.29) is 11.5 Å². The second-order valence-electron chi connectivity index (χ2n) is 6.67. The van der Waals surface area contributed by atoms with E-state index in [1.807, 2.05) is 6.92 Å². The normalized spacial score (nSPS) is 11.0. The summed E-state index contributed by atoms with van der Waals surface area (Å²) in [6.45, 7) is 6.05. The Balaban J connectivity index is 2.20. The Morgan fingerprint density at radius 2 is 2.07 bits per heavy atom. The predicted octanol–water partition coefficient (Wildman–Crippen LogP) is 3.02. The van der Waals surface area contributed by atoms with Crippen LogP contribution < -0.4 is 15.6 Å². The van der Waals surface area contributed by atoms with Crippen molar-refractivity contribution in [3.63, 3.8) is 0 Å². The fourth-order valence-electron chi connectivity index (χ4n) is 3.11. The molecule has 0 saturated heterocycles. The molecule has 3 rings (SSSR count). The number of aryl methyl sites for hydroxylation is 2. The molecule has 28 heavy (non-hydrogen) atoms. The van der Waals surface area contributed by atoms with Crippen LogP contribution in [0.1, 0.15) is 39.3 Å². The number of amides is 1. The van der Waals surface area contributed by atoms with Gasteiger partial charge in [0.05, 0.1) is 17.9 Å². The molecule has 1 aromatic carbocycles. The molecule has 0 radical (unpaired) electrons. The Hall–Kier alpha value is -3.16. The first-order valence-electron chi connectivity index (χ1n) is 9.45. The Morgan fingerprint density at radius 3 is 2.75 bits per heavy atom. The van der Waals surface area contributed by atoms with Crippen LogP contribution in [0.3, 0.4) is 0 Å². The highest BCUT2D eigenvalue weighted by Gasteiger charge is 2.18. The molecule has 2 heterocycles. The summed E-state index contributed by atoms with van der Waals surface area (Å²) in [7, 11) is 1.74. The molecule has 0 atom stereocenters. The molecule has 0 aliphatic carbocycles. The van der Waals surface area contributed by atoms with E-state index in [1.165, 1.54) is 6.92 Å². The Labute approximate surface area is 162 Å². The number of H-pyrrole nitrogens is 1. The van der Waals surface area contributed by atoms with Crippen LogP contribution in [0.25, 0.3) is 22.4 Å². The lowest BCUT2D eigenvalue weighted by Gasteiger charge is -2.13. The molecule has 0 aliphatic heterocycles. The van der Waals surface area contributed by atoms with Gasteiger partial charge >= 0.3 is 0 Å². The highest BCUT2D eigenvalue weighted by Crippen LogP contribution is 2.31. The number of nitrogens with one attached hydrogen (secondary N) is 2. The van der Waals surface area contributed by atoms with Crippen LogP contribution in [0, 0.1) is 0 Å². The van der Waals surface area contributed by atoms with Crippen LogP contribution >= 0.6 is 0 Å². The summed E-state index contributed by atoms with van der Waals surface area (Å²) in [4.78, 5) is 31.7. The minimum Gasteiger partial charge on any atom is -0.493 e. The molecule has 8 heteroatoms. The van der Waals surface area contributed by atoms with Gasteiger partial charge in [-0.15, -0.1) is 0 Å². The number of carbonyl (C=O) groups excluding carboxylic acids is 1. The number of hydrogen-bond donors (Lipinski definition) is 2. The zero-order chi connectivity index (χ0) is 20.3. The molecule has 0 bridgehead atoms. The maximum Gasteiger partial charge on any atom is 0.277 e. The number of ether oxygens (including phenoxy) is 1. The fraction of sp³-hybridized carbons (Fsp3) is 0.400. The SMILES string of the molecule is CCCOc1ccc(NC(C)=O)cc1-c1nc2c(CCC)nn(C)c2c(=O)[nH]1. The first-order valence-corrected chi connectivity index (χ1v) is 9.45. The first-order chi connectivity index (χ1) is 13.4. The Morgan fingerprint density at radius 1 is 1.29 bits per heavy atom. The van der Waals surface area contributed by atoms with Crippen LogP contribution in [-0.2, 0) is 18.3 Å². The minimum atomic E-state index is -0.260. The summed E-state index contributed by atoms with van der Waals surface area (Å²) in [6.07, 6.45) is 2.48. The topological polar surface area (TPSA) is 102 Å². The summed E-state index contributed by atoms with van der Waals surface area (Å²) in [5.41, 5.74) is 2.79. The van der Waals surface area contributed by atoms with Gasteiger partial charge in [0, 0.05) is 19.7 Å². The average Bonchev–Trinajstić information content (AvgIpc) is 2.96. The number of fused-ring (bicyclic) bond motifs is 1. The van der Waals surface area contributed by atoms with Crippen molar-refractivity contribution in [2.24, 2.45) is 7.05 Å². The van der Waals surface area contributed by atoms with Gasteiger partial charge in [-0.2, -0.15) is 5.10 Å². The third-order valence-electron chi connectivity index (χ3n) is 4.27. The number of hydrogen-bond acceptors (Lipinski definition) is 5. The van der Waals surface area contributed by atoms with Gasteiger partial charge in [0.1, 0.15) is 17.1 Å². The Kier molecular flexibility index (Phi) is 5.77. The van der Waals surface area contributed by atoms with Gasteiger partial charge in [-0.05, 0) is 31.0 Å². The summed E-state index contributed by atoms with van der Waals surface area (Å²) >= 11 is 0. The van der Waals surface area contributed by atoms with E-state index in [0.717, 1.165) is 25.0 Å². The fourth-order valence-corrected chi connectivity index (χ4v) is 3.11. The van der Waals surface area contributed by atoms with Gasteiger partial charge in [0.15, 0.2) is 5.52 Å². The monoisotopic (exact) mass is 383 g/mol. The maximum absolute atomic E-state index is 12.7. The van der Waals surface area contributed by atoms with Gasteiger partial charge in [-0.25, -0.2) is 4.98 Å². The molecule has 0 saturated carbocycles. The van der Waals surface area contributed by atoms with E-state index in [1.54, 1.807) is 29.9 Å². The molecule has 8 nitrogen and oxygen atoms in total. The molecule has 0 spiro atoms. The van der Waals surface area contributed by atoms with Crippen molar-refractivity contribution in [3.05, 3.63) is 34.2 Å². The van der Waals surface area contributed by atoms with E-state index in [2.05, 4.69) is 22.3 Å². The van der Waals surface area contributed by atoms with Crippen molar-refractivity contribution >= 4 is 22.6 Å². The minimum absolute atomic E-state index is 0.178. The molecule has 2 aromatic heterocycles. The second kappa shape index (κ2) is 8.24. The number of anilines is 1. The van der Waals surface area contributed by atoms with E-state index in [9.17, 15) is 9.59 Å². The van der Waals surface area contributed by atoms with Gasteiger partial charge < -0.3 is 15.0 Å². The van der Waals surface area contributed by atoms with Gasteiger partial charge in [0.2, 0.25) is 5.91 Å². The van der Waals surface area contributed by atoms with Crippen LogP contribution in [0.2, 0.25) is 0 Å². The lowest BCUT2D eigenvalue weighted by Crippen LogP contribution is -2.13. The maximum atomic E-state index is 12.7. The summed E-state index contributed by atoms with van der Waals surface area (Å²) in [5, 5.41) is 7.21. The second-order valence-corrected chi connectivity index (χ2v) is 6.67. The van der Waals surface area contributed by atoms with Gasteiger partial charge in [-0.1, -0.05) is 20.3 Å². The van der Waals surface area contributed by atoms with Crippen molar-refractivity contribution in [3.8, 4) is 17.1 Å². The van der Waals surface area contributed by atoms with Crippen molar-refractivity contribution in [1.29, 1.82) is 0 Å². The number of benzene rings is 1. The number of rotatable bonds is 7.